The van der Waals surface area contributed by atoms with Crippen LogP contribution in [0.2, 0.25) is 0 Å². The van der Waals surface area contributed by atoms with Gasteiger partial charge in [0.1, 0.15) is 23.7 Å². The second-order valence-corrected chi connectivity index (χ2v) is 12.4. The standard InChI is InChI=1S/C32H45FN4O4/c1-32(2,3)24-17-21(13-16-27(24)38)19-26(29(35)39)36(4)31(41)28(22-9-7-6-8-10-22)37(5)30(40)25(34)18-20-11-14-23(33)15-12-20/h11-17,22,25-26,28,38H,6-10,18-19,34H2,1-5H3,(H2,35,39)/t25-,26-,28+/m0/s1. The van der Waals surface area contributed by atoms with Gasteiger partial charge in [0.05, 0.1) is 6.04 Å². The molecule has 3 amide bonds. The van der Waals surface area contributed by atoms with E-state index in [1.54, 1.807) is 38.4 Å². The molecule has 1 fully saturated rings. The summed E-state index contributed by atoms with van der Waals surface area (Å²) < 4.78 is 13.3. The molecule has 9 heteroatoms. The predicted octanol–water partition coefficient (Wildman–Crippen LogP) is 3.66. The van der Waals surface area contributed by atoms with Crippen molar-refractivity contribution in [3.05, 3.63) is 65.0 Å². The van der Waals surface area contributed by atoms with E-state index in [2.05, 4.69) is 0 Å². The number of hydrogen-bond acceptors (Lipinski definition) is 5. The Morgan fingerprint density at radius 3 is 2.07 bits per heavy atom. The number of amides is 3. The minimum Gasteiger partial charge on any atom is -0.508 e. The summed E-state index contributed by atoms with van der Waals surface area (Å²) in [7, 11) is 3.14. The number of nitrogens with zero attached hydrogens (tertiary/aromatic N) is 2. The molecule has 0 bridgehead atoms. The lowest BCUT2D eigenvalue weighted by Gasteiger charge is -2.40. The van der Waals surface area contributed by atoms with Crippen molar-refractivity contribution in [1.82, 2.24) is 9.80 Å². The Morgan fingerprint density at radius 1 is 0.927 bits per heavy atom. The average Bonchev–Trinajstić information content (AvgIpc) is 2.92. The van der Waals surface area contributed by atoms with Crippen LogP contribution in [-0.2, 0) is 32.6 Å². The molecule has 0 heterocycles. The normalized spacial score (nSPS) is 16.5. The van der Waals surface area contributed by atoms with Crippen molar-refractivity contribution >= 4 is 17.7 Å². The molecular formula is C32H45FN4O4. The van der Waals surface area contributed by atoms with Crippen LogP contribution in [0.25, 0.3) is 0 Å². The van der Waals surface area contributed by atoms with E-state index >= 15 is 0 Å². The first-order valence-electron chi connectivity index (χ1n) is 14.4. The maximum absolute atomic E-state index is 14.1. The molecule has 0 radical (unpaired) electrons. The molecule has 3 atom stereocenters. The molecule has 0 unspecified atom stereocenters. The quantitative estimate of drug-likeness (QED) is 0.403. The van der Waals surface area contributed by atoms with Crippen molar-refractivity contribution in [1.29, 1.82) is 0 Å². The second kappa shape index (κ2) is 13.5. The van der Waals surface area contributed by atoms with Gasteiger partial charge in [-0.3, -0.25) is 14.4 Å². The van der Waals surface area contributed by atoms with Gasteiger partial charge in [0, 0.05) is 20.5 Å². The van der Waals surface area contributed by atoms with E-state index in [-0.39, 0.29) is 41.6 Å². The van der Waals surface area contributed by atoms with Crippen LogP contribution >= 0.6 is 0 Å². The highest BCUT2D eigenvalue weighted by Gasteiger charge is 2.40. The average molecular weight is 569 g/mol. The number of likely N-dealkylation sites (N-methyl/N-ethyl adjacent to an activating group) is 2. The molecule has 0 spiro atoms. The van der Waals surface area contributed by atoms with Crippen LogP contribution < -0.4 is 11.5 Å². The Labute approximate surface area is 242 Å². The molecule has 0 aromatic heterocycles. The third-order valence-corrected chi connectivity index (χ3v) is 8.24. The van der Waals surface area contributed by atoms with Gasteiger partial charge in [0.25, 0.3) is 0 Å². The van der Waals surface area contributed by atoms with Crippen LogP contribution in [0.4, 0.5) is 4.39 Å². The Kier molecular flexibility index (Phi) is 10.5. The highest BCUT2D eigenvalue weighted by atomic mass is 19.1. The number of rotatable bonds is 10. The molecule has 2 aromatic rings. The summed E-state index contributed by atoms with van der Waals surface area (Å²) in [4.78, 5) is 43.1. The van der Waals surface area contributed by atoms with E-state index in [1.807, 2.05) is 26.8 Å². The van der Waals surface area contributed by atoms with E-state index in [9.17, 15) is 23.9 Å². The number of nitrogens with two attached hydrogens (primary N) is 2. The number of aromatic hydroxyl groups is 1. The third kappa shape index (κ3) is 8.06. The zero-order valence-corrected chi connectivity index (χ0v) is 24.9. The number of phenols is 1. The monoisotopic (exact) mass is 568 g/mol. The van der Waals surface area contributed by atoms with Gasteiger partial charge in [0.2, 0.25) is 17.7 Å². The van der Waals surface area contributed by atoms with E-state index in [0.717, 1.165) is 48.8 Å². The molecule has 3 rings (SSSR count). The fourth-order valence-corrected chi connectivity index (χ4v) is 5.82. The summed E-state index contributed by atoms with van der Waals surface area (Å²) in [5.41, 5.74) is 14.0. The molecule has 1 aliphatic carbocycles. The zero-order valence-electron chi connectivity index (χ0n) is 24.9. The largest absolute Gasteiger partial charge is 0.508 e. The number of carbonyl (C=O) groups excluding carboxylic acids is 3. The van der Waals surface area contributed by atoms with Crippen LogP contribution in [0.5, 0.6) is 5.75 Å². The van der Waals surface area contributed by atoms with E-state index in [0.29, 0.717) is 0 Å². The van der Waals surface area contributed by atoms with Gasteiger partial charge in [-0.2, -0.15) is 0 Å². The summed E-state index contributed by atoms with van der Waals surface area (Å²) in [6.07, 6.45) is 4.89. The fraction of sp³-hybridized carbons (Fsp3) is 0.531. The second-order valence-electron chi connectivity index (χ2n) is 12.4. The molecule has 2 aromatic carbocycles. The van der Waals surface area contributed by atoms with Gasteiger partial charge in [-0.1, -0.05) is 64.3 Å². The minimum atomic E-state index is -0.956. The summed E-state index contributed by atoms with van der Waals surface area (Å²) in [6, 6.07) is 8.29. The van der Waals surface area contributed by atoms with Crippen LogP contribution in [0.1, 0.15) is 69.6 Å². The highest BCUT2D eigenvalue weighted by Crippen LogP contribution is 2.33. The topological polar surface area (TPSA) is 130 Å². The van der Waals surface area contributed by atoms with Gasteiger partial charge in [-0.25, -0.2) is 4.39 Å². The number of carbonyl (C=O) groups is 3. The molecule has 8 nitrogen and oxygen atoms in total. The smallest absolute Gasteiger partial charge is 0.246 e. The van der Waals surface area contributed by atoms with Crippen LogP contribution in [0.15, 0.2) is 42.5 Å². The zero-order chi connectivity index (χ0) is 30.5. The Morgan fingerprint density at radius 2 is 1.51 bits per heavy atom. The summed E-state index contributed by atoms with van der Waals surface area (Å²) in [6.45, 7) is 5.94. The van der Waals surface area contributed by atoms with Gasteiger partial charge < -0.3 is 26.4 Å². The van der Waals surface area contributed by atoms with Crippen LogP contribution in [-0.4, -0.2) is 64.8 Å². The van der Waals surface area contributed by atoms with Crippen molar-refractivity contribution in [3.8, 4) is 5.75 Å². The number of hydrogen-bond donors (Lipinski definition) is 3. The van der Waals surface area contributed by atoms with Crippen molar-refractivity contribution in [2.45, 2.75) is 89.3 Å². The predicted molar refractivity (Wildman–Crippen MR) is 157 cm³/mol. The van der Waals surface area contributed by atoms with Crippen LogP contribution in [0.3, 0.4) is 0 Å². The van der Waals surface area contributed by atoms with Gasteiger partial charge in [-0.15, -0.1) is 0 Å². The highest BCUT2D eigenvalue weighted by molar-refractivity contribution is 5.93. The molecule has 1 saturated carbocycles. The number of benzene rings is 2. The summed E-state index contributed by atoms with van der Waals surface area (Å²) in [5, 5.41) is 10.4. The van der Waals surface area contributed by atoms with Crippen molar-refractivity contribution in [2.24, 2.45) is 17.4 Å². The van der Waals surface area contributed by atoms with Gasteiger partial charge >= 0.3 is 0 Å². The minimum absolute atomic E-state index is 0.0830. The first-order valence-corrected chi connectivity index (χ1v) is 14.4. The van der Waals surface area contributed by atoms with Gasteiger partial charge in [0.15, 0.2) is 0 Å². The molecular weight excluding hydrogens is 523 g/mol. The first kappa shape index (κ1) is 32.1. The third-order valence-electron chi connectivity index (χ3n) is 8.24. The lowest BCUT2D eigenvalue weighted by molar-refractivity contribution is -0.150. The van der Waals surface area contributed by atoms with Crippen molar-refractivity contribution < 1.29 is 23.9 Å². The SMILES string of the molecule is CN(C(=O)[C@@H](C1CCCCC1)N(C)C(=O)[C@@H](N)Cc1ccc(F)cc1)[C@@H](Cc1ccc(O)c(C(C)(C)C)c1)C(N)=O. The Bertz CT molecular complexity index is 1220. The molecule has 0 aliphatic heterocycles. The maximum Gasteiger partial charge on any atom is 0.246 e. The number of phenolic OH excluding ortho intramolecular Hbond substituents is 1. The lowest BCUT2D eigenvalue weighted by atomic mass is 9.82. The first-order chi connectivity index (χ1) is 19.2. The van der Waals surface area contributed by atoms with Crippen LogP contribution in [0, 0.1) is 11.7 Å². The molecule has 224 valence electrons. The van der Waals surface area contributed by atoms with E-state index in [4.69, 9.17) is 11.5 Å². The number of halogens is 1. The van der Waals surface area contributed by atoms with E-state index in [1.165, 1.54) is 21.9 Å². The molecule has 5 N–H and O–H groups in total. The number of primary amides is 1. The molecule has 0 saturated heterocycles. The lowest BCUT2D eigenvalue weighted by Crippen LogP contribution is -2.59. The fourth-order valence-electron chi connectivity index (χ4n) is 5.82. The summed E-state index contributed by atoms with van der Waals surface area (Å²) in [5.74, 6) is -1.70. The van der Waals surface area contributed by atoms with Gasteiger partial charge in [-0.05, 0) is 65.5 Å². The molecule has 41 heavy (non-hydrogen) atoms. The Balaban J connectivity index is 1.86. The van der Waals surface area contributed by atoms with E-state index < -0.39 is 29.9 Å². The van der Waals surface area contributed by atoms with Crippen molar-refractivity contribution in [3.63, 3.8) is 0 Å². The Hall–Kier alpha value is -3.46. The molecule has 1 aliphatic rings. The van der Waals surface area contributed by atoms with Crippen molar-refractivity contribution in [2.75, 3.05) is 14.1 Å². The summed E-state index contributed by atoms with van der Waals surface area (Å²) >= 11 is 0. The maximum atomic E-state index is 14.1.